The maximum atomic E-state index is 10.9. The Bertz CT molecular complexity index is 269. The van der Waals surface area contributed by atoms with Crippen LogP contribution in [0.3, 0.4) is 0 Å². The number of thiol groups is 1. The number of hydrogen-bond acceptors (Lipinski definition) is 2. The van der Waals surface area contributed by atoms with E-state index in [2.05, 4.69) is 19.6 Å². The van der Waals surface area contributed by atoms with Crippen molar-refractivity contribution in [3.8, 4) is 0 Å². The van der Waals surface area contributed by atoms with Gasteiger partial charge in [-0.05, 0) is 6.42 Å². The van der Waals surface area contributed by atoms with Crippen molar-refractivity contribution in [2.45, 2.75) is 116 Å². The molecule has 1 atom stereocenters. The van der Waals surface area contributed by atoms with Gasteiger partial charge in [-0.2, -0.15) is 12.6 Å². The molecule has 0 aromatic carbocycles. The number of carboxylic acids is 1. The molecule has 0 aromatic heterocycles. The van der Waals surface area contributed by atoms with Gasteiger partial charge in [0.25, 0.3) is 0 Å². The standard InChI is InChI=1S/C21H42O2S/c1-2-3-4-5-6-7-8-9-10-11-12-13-14-15-16-17-18-20(19-24)21(22)23/h20,24H,2-19H2,1H3,(H,22,23)/t20-/m1/s1. The molecule has 0 spiro atoms. The molecule has 0 saturated carbocycles. The molecule has 24 heavy (non-hydrogen) atoms. The zero-order valence-electron chi connectivity index (χ0n) is 16.1. The summed E-state index contributed by atoms with van der Waals surface area (Å²) >= 11 is 4.11. The lowest BCUT2D eigenvalue weighted by atomic mass is 10.0. The molecular formula is C21H42O2S. The number of unbranched alkanes of at least 4 members (excludes halogenated alkanes) is 15. The Kier molecular flexibility index (Phi) is 19.0. The maximum absolute atomic E-state index is 10.9. The molecule has 0 fully saturated rings. The summed E-state index contributed by atoms with van der Waals surface area (Å²) < 4.78 is 0. The Hall–Kier alpha value is -0.180. The van der Waals surface area contributed by atoms with Gasteiger partial charge in [0.2, 0.25) is 0 Å². The summed E-state index contributed by atoms with van der Waals surface area (Å²) in [5.74, 6) is -0.473. The molecule has 0 radical (unpaired) electrons. The molecule has 0 aliphatic heterocycles. The molecule has 3 heteroatoms. The van der Waals surface area contributed by atoms with Crippen LogP contribution in [0.15, 0.2) is 0 Å². The van der Waals surface area contributed by atoms with E-state index in [1.165, 1.54) is 96.3 Å². The number of carbonyl (C=O) groups is 1. The minimum atomic E-state index is -0.689. The first-order chi connectivity index (χ1) is 11.7. The predicted molar refractivity (Wildman–Crippen MR) is 109 cm³/mol. The Morgan fingerprint density at radius 2 is 1.04 bits per heavy atom. The molecule has 0 aromatic rings. The second kappa shape index (κ2) is 19.1. The van der Waals surface area contributed by atoms with Crippen molar-refractivity contribution in [1.29, 1.82) is 0 Å². The van der Waals surface area contributed by atoms with Gasteiger partial charge in [-0.15, -0.1) is 0 Å². The Labute approximate surface area is 156 Å². The lowest BCUT2D eigenvalue weighted by molar-refractivity contribution is -0.141. The van der Waals surface area contributed by atoms with Crippen LogP contribution >= 0.6 is 12.6 Å². The van der Waals surface area contributed by atoms with Crippen LogP contribution in [0.1, 0.15) is 116 Å². The first-order valence-corrected chi connectivity index (χ1v) is 11.2. The van der Waals surface area contributed by atoms with Crippen LogP contribution in [0.25, 0.3) is 0 Å². The third-order valence-electron chi connectivity index (χ3n) is 4.98. The highest BCUT2D eigenvalue weighted by Gasteiger charge is 2.14. The van der Waals surface area contributed by atoms with Crippen molar-refractivity contribution >= 4 is 18.6 Å². The van der Waals surface area contributed by atoms with E-state index < -0.39 is 5.97 Å². The molecule has 0 rings (SSSR count). The van der Waals surface area contributed by atoms with Gasteiger partial charge in [0.15, 0.2) is 0 Å². The lowest BCUT2D eigenvalue weighted by Gasteiger charge is -2.08. The number of rotatable bonds is 19. The van der Waals surface area contributed by atoms with Gasteiger partial charge < -0.3 is 5.11 Å². The van der Waals surface area contributed by atoms with E-state index in [-0.39, 0.29) is 5.92 Å². The minimum absolute atomic E-state index is 0.250. The normalized spacial score (nSPS) is 12.4. The highest BCUT2D eigenvalue weighted by Crippen LogP contribution is 2.16. The van der Waals surface area contributed by atoms with Crippen LogP contribution in [-0.2, 0) is 4.79 Å². The fourth-order valence-corrected chi connectivity index (χ4v) is 3.57. The Morgan fingerprint density at radius 1 is 0.708 bits per heavy atom. The van der Waals surface area contributed by atoms with Gasteiger partial charge in [0.1, 0.15) is 0 Å². The quantitative estimate of drug-likeness (QED) is 0.188. The monoisotopic (exact) mass is 358 g/mol. The van der Waals surface area contributed by atoms with E-state index in [1.54, 1.807) is 0 Å². The summed E-state index contributed by atoms with van der Waals surface area (Å²) in [5, 5.41) is 8.95. The van der Waals surface area contributed by atoms with Crippen LogP contribution in [0.2, 0.25) is 0 Å². The Morgan fingerprint density at radius 3 is 1.33 bits per heavy atom. The first kappa shape index (κ1) is 23.8. The van der Waals surface area contributed by atoms with E-state index in [9.17, 15) is 4.79 Å². The van der Waals surface area contributed by atoms with Gasteiger partial charge in [-0.25, -0.2) is 0 Å². The van der Waals surface area contributed by atoms with Crippen LogP contribution in [-0.4, -0.2) is 16.8 Å². The van der Waals surface area contributed by atoms with Gasteiger partial charge in [0.05, 0.1) is 5.92 Å². The topological polar surface area (TPSA) is 37.3 Å². The molecule has 2 nitrogen and oxygen atoms in total. The zero-order chi connectivity index (χ0) is 17.9. The minimum Gasteiger partial charge on any atom is -0.481 e. The van der Waals surface area contributed by atoms with Crippen LogP contribution in [0.5, 0.6) is 0 Å². The number of carboxylic acid groups (broad SMARTS) is 1. The molecular weight excluding hydrogens is 316 g/mol. The fraction of sp³-hybridized carbons (Fsp3) is 0.952. The lowest BCUT2D eigenvalue weighted by Crippen LogP contribution is -2.14. The highest BCUT2D eigenvalue weighted by atomic mass is 32.1. The van der Waals surface area contributed by atoms with Crippen molar-refractivity contribution in [2.24, 2.45) is 5.92 Å². The largest absolute Gasteiger partial charge is 0.481 e. The van der Waals surface area contributed by atoms with Crippen molar-refractivity contribution < 1.29 is 9.90 Å². The Balaban J connectivity index is 3.11. The number of aliphatic carboxylic acids is 1. The van der Waals surface area contributed by atoms with Gasteiger partial charge in [0, 0.05) is 5.75 Å². The van der Waals surface area contributed by atoms with Crippen molar-refractivity contribution in [3.05, 3.63) is 0 Å². The SMILES string of the molecule is CCCCCCCCCCCCCCCCCC[C@H](CS)C(=O)O. The molecule has 0 saturated heterocycles. The average Bonchev–Trinajstić information content (AvgIpc) is 2.57. The molecule has 0 amide bonds. The third-order valence-corrected chi connectivity index (χ3v) is 5.42. The molecule has 0 unspecified atom stereocenters. The molecule has 0 aliphatic rings. The summed E-state index contributed by atoms with van der Waals surface area (Å²) in [4.78, 5) is 10.9. The van der Waals surface area contributed by atoms with E-state index in [0.29, 0.717) is 5.75 Å². The van der Waals surface area contributed by atoms with Gasteiger partial charge in [-0.3, -0.25) is 4.79 Å². The fourth-order valence-electron chi connectivity index (χ4n) is 3.23. The summed E-state index contributed by atoms with van der Waals surface area (Å²) in [6, 6.07) is 0. The van der Waals surface area contributed by atoms with E-state index in [4.69, 9.17) is 5.11 Å². The molecule has 1 N–H and O–H groups in total. The summed E-state index contributed by atoms with van der Waals surface area (Å²) in [6.07, 6.45) is 22.5. The number of hydrogen-bond donors (Lipinski definition) is 2. The van der Waals surface area contributed by atoms with E-state index in [0.717, 1.165) is 12.8 Å². The molecule has 144 valence electrons. The first-order valence-electron chi connectivity index (χ1n) is 10.6. The predicted octanol–water partition coefficient (Wildman–Crippen LogP) is 7.27. The summed E-state index contributed by atoms with van der Waals surface area (Å²) in [7, 11) is 0. The van der Waals surface area contributed by atoms with Gasteiger partial charge >= 0.3 is 5.97 Å². The maximum Gasteiger partial charge on any atom is 0.307 e. The van der Waals surface area contributed by atoms with Crippen molar-refractivity contribution in [1.82, 2.24) is 0 Å². The van der Waals surface area contributed by atoms with Crippen LogP contribution in [0, 0.1) is 5.92 Å². The van der Waals surface area contributed by atoms with E-state index in [1.807, 2.05) is 0 Å². The third kappa shape index (κ3) is 16.7. The zero-order valence-corrected chi connectivity index (χ0v) is 17.0. The van der Waals surface area contributed by atoms with Crippen molar-refractivity contribution in [3.63, 3.8) is 0 Å². The second-order valence-corrected chi connectivity index (χ2v) is 7.67. The van der Waals surface area contributed by atoms with Gasteiger partial charge in [-0.1, -0.05) is 110 Å². The molecule has 0 aliphatic carbocycles. The summed E-state index contributed by atoms with van der Waals surface area (Å²) in [5.41, 5.74) is 0. The van der Waals surface area contributed by atoms with Crippen LogP contribution < -0.4 is 0 Å². The molecule has 0 heterocycles. The smallest absolute Gasteiger partial charge is 0.307 e. The molecule has 0 bridgehead atoms. The second-order valence-electron chi connectivity index (χ2n) is 7.31. The summed E-state index contributed by atoms with van der Waals surface area (Å²) in [6.45, 7) is 2.28. The van der Waals surface area contributed by atoms with Crippen molar-refractivity contribution in [2.75, 3.05) is 5.75 Å². The van der Waals surface area contributed by atoms with Crippen LogP contribution in [0.4, 0.5) is 0 Å². The highest BCUT2D eigenvalue weighted by molar-refractivity contribution is 7.80. The average molecular weight is 359 g/mol. The van der Waals surface area contributed by atoms with E-state index >= 15 is 0 Å².